The molecule has 0 aliphatic carbocycles. The number of benzene rings is 6. The molecule has 0 amide bonds. The van der Waals surface area contributed by atoms with Gasteiger partial charge in [0.05, 0.1) is 29.9 Å². The summed E-state index contributed by atoms with van der Waals surface area (Å²) in [5.41, 5.74) is 19.6. The summed E-state index contributed by atoms with van der Waals surface area (Å²) in [4.78, 5) is 0. The molecule has 8 aromatic rings. The van der Waals surface area contributed by atoms with Crippen molar-refractivity contribution in [2.24, 2.45) is 0 Å². The van der Waals surface area contributed by atoms with E-state index in [0.717, 1.165) is 45.7 Å². The number of halogens is 1. The summed E-state index contributed by atoms with van der Waals surface area (Å²) in [7, 11) is 1.76. The van der Waals surface area contributed by atoms with Crippen molar-refractivity contribution < 1.29 is 4.74 Å². The minimum Gasteiger partial charge on any atom is -0.494 e. The van der Waals surface area contributed by atoms with Crippen LogP contribution in [0.4, 0.5) is 0 Å². The van der Waals surface area contributed by atoms with Gasteiger partial charge >= 0.3 is 0 Å². The van der Waals surface area contributed by atoms with E-state index in [2.05, 4.69) is 224 Å². The number of rotatable bonds is 17. The zero-order valence-electron chi connectivity index (χ0n) is 39.8. The van der Waals surface area contributed by atoms with Gasteiger partial charge in [0.15, 0.2) is 0 Å². The maximum Gasteiger partial charge on any atom is 0.145 e. The smallest absolute Gasteiger partial charge is 0.145 e. The maximum atomic E-state index is 5.90. The predicted molar refractivity (Wildman–Crippen MR) is 282 cm³/mol. The van der Waals surface area contributed by atoms with E-state index in [1.54, 1.807) is 7.11 Å². The lowest BCUT2D eigenvalue weighted by Gasteiger charge is -2.16. The molecular weight excluding hydrogens is 857 g/mol. The number of aryl methyl sites for hydroxylation is 6. The Morgan fingerprint density at radius 3 is 1.14 bits per heavy atom. The van der Waals surface area contributed by atoms with Gasteiger partial charge in [-0.25, -0.2) is 0 Å². The highest BCUT2D eigenvalue weighted by Crippen LogP contribution is 2.42. The summed E-state index contributed by atoms with van der Waals surface area (Å²) >= 11 is 3.87. The van der Waals surface area contributed by atoms with Gasteiger partial charge in [-0.1, -0.05) is 196 Å². The minimum atomic E-state index is 0.887. The van der Waals surface area contributed by atoms with Crippen LogP contribution in [0, 0.1) is 27.7 Å². The van der Waals surface area contributed by atoms with Crippen molar-refractivity contribution in [2.75, 3.05) is 7.11 Å². The number of hydrogen-bond donors (Lipinski definition) is 0. The molecule has 0 atom stereocenters. The molecule has 65 heavy (non-hydrogen) atoms. The van der Waals surface area contributed by atoms with Gasteiger partial charge in [-0.05, 0) is 127 Å². The molecule has 2 heterocycles. The molecule has 0 fully saturated rings. The van der Waals surface area contributed by atoms with Gasteiger partial charge in [0, 0.05) is 27.5 Å². The summed E-state index contributed by atoms with van der Waals surface area (Å²) in [6.07, 6.45) is 12.7. The van der Waals surface area contributed by atoms with Crippen LogP contribution in [0.25, 0.3) is 56.4 Å². The molecule has 0 unspecified atom stereocenters. The lowest BCUT2D eigenvalue weighted by atomic mass is 10.1. The summed E-state index contributed by atoms with van der Waals surface area (Å²) in [6.45, 7) is 13.0. The van der Waals surface area contributed by atoms with Crippen LogP contribution in [0.15, 0.2) is 162 Å². The second kappa shape index (κ2) is 22.9. The molecule has 0 radical (unpaired) electrons. The number of aromatic nitrogens is 2. The van der Waals surface area contributed by atoms with Gasteiger partial charge in [0.2, 0.25) is 0 Å². The third-order valence-corrected chi connectivity index (χ3v) is 13.1. The van der Waals surface area contributed by atoms with Gasteiger partial charge in [0.1, 0.15) is 5.75 Å². The van der Waals surface area contributed by atoms with E-state index < -0.39 is 0 Å². The van der Waals surface area contributed by atoms with Crippen LogP contribution in [0.2, 0.25) is 0 Å². The number of unbranched alkanes of at least 4 members (excludes halogenated alkanes) is 6. The zero-order chi connectivity index (χ0) is 45.7. The fourth-order valence-electron chi connectivity index (χ4n) is 8.63. The van der Waals surface area contributed by atoms with Crippen LogP contribution < -0.4 is 4.74 Å². The molecule has 0 saturated heterocycles. The third kappa shape index (κ3) is 11.9. The van der Waals surface area contributed by atoms with E-state index in [1.165, 1.54) is 119 Å². The Kier molecular flexibility index (Phi) is 16.6. The van der Waals surface area contributed by atoms with Crippen molar-refractivity contribution in [2.45, 2.75) is 106 Å². The molecule has 0 saturated carbocycles. The first-order valence-electron chi connectivity index (χ1n) is 23.8. The maximum absolute atomic E-state index is 5.90. The molecule has 0 aliphatic heterocycles. The van der Waals surface area contributed by atoms with E-state index in [0.29, 0.717) is 0 Å². The van der Waals surface area contributed by atoms with Gasteiger partial charge in [-0.3, -0.25) is 0 Å². The van der Waals surface area contributed by atoms with E-state index in [-0.39, 0.29) is 0 Å². The van der Waals surface area contributed by atoms with Crippen molar-refractivity contribution >= 4 is 15.9 Å². The Morgan fingerprint density at radius 2 is 0.754 bits per heavy atom. The fraction of sp³-hybridized carbons (Fsp3) is 0.279. The Morgan fingerprint density at radius 1 is 0.400 bits per heavy atom. The van der Waals surface area contributed by atoms with E-state index in [4.69, 9.17) is 4.74 Å². The predicted octanol–water partition coefficient (Wildman–Crippen LogP) is 17.9. The standard InChI is InChI=1S/C31H35NO.C30H32BrN/c1-5-6-7-8-9-25-14-20-28(21-15-25)32-29(26-16-10-23(2)11-17-26)22-30(33-4)31(32)27-18-12-24(3)13-19-27;1-4-5-6-7-8-24-13-19-27(20-14-24)32-29(25-15-9-22(2)10-16-25)21-28(31)30(32)26-17-11-23(3)12-18-26/h10-22H,5-9H2,1-4H3;9-21H,4-8H2,1-3H3. The highest BCUT2D eigenvalue weighted by atomic mass is 79.9. The average Bonchev–Trinajstić information content (AvgIpc) is 3.89. The lowest BCUT2D eigenvalue weighted by molar-refractivity contribution is 0.416. The number of methoxy groups -OCH3 is 1. The number of hydrogen-bond acceptors (Lipinski definition) is 1. The van der Waals surface area contributed by atoms with Crippen LogP contribution in [-0.4, -0.2) is 16.2 Å². The first-order valence-corrected chi connectivity index (χ1v) is 24.6. The van der Waals surface area contributed by atoms with Crippen LogP contribution in [0.3, 0.4) is 0 Å². The second-order valence-corrected chi connectivity index (χ2v) is 18.6. The molecule has 4 heteroatoms. The number of ether oxygens (including phenoxy) is 1. The summed E-state index contributed by atoms with van der Waals surface area (Å²) < 4.78 is 11.7. The zero-order valence-corrected chi connectivity index (χ0v) is 41.3. The molecule has 334 valence electrons. The average molecular weight is 924 g/mol. The molecule has 2 aromatic heterocycles. The van der Waals surface area contributed by atoms with Crippen LogP contribution >= 0.6 is 15.9 Å². The molecule has 0 spiro atoms. The highest BCUT2D eigenvalue weighted by Gasteiger charge is 2.21. The Labute approximate surface area is 398 Å². The normalized spacial score (nSPS) is 11.1. The van der Waals surface area contributed by atoms with Gasteiger partial charge < -0.3 is 13.9 Å². The molecule has 6 aromatic carbocycles. The minimum absolute atomic E-state index is 0.887. The van der Waals surface area contributed by atoms with Crippen molar-refractivity contribution in [3.63, 3.8) is 0 Å². The van der Waals surface area contributed by atoms with Crippen molar-refractivity contribution in [1.82, 2.24) is 9.13 Å². The summed E-state index contributed by atoms with van der Waals surface area (Å²) in [5, 5.41) is 0. The molecule has 3 nitrogen and oxygen atoms in total. The SMILES string of the molecule is CCCCCCc1ccc(-n2c(-c3ccc(C)cc3)cc(Br)c2-c2ccc(C)cc2)cc1.CCCCCCc1ccc(-n2c(-c3ccc(C)cc3)cc(OC)c2-c2ccc(C)cc2)cc1. The first-order chi connectivity index (χ1) is 31.7. The van der Waals surface area contributed by atoms with E-state index in [9.17, 15) is 0 Å². The molecule has 0 N–H and O–H groups in total. The molecule has 8 rings (SSSR count). The van der Waals surface area contributed by atoms with Gasteiger partial charge in [-0.2, -0.15) is 0 Å². The highest BCUT2D eigenvalue weighted by molar-refractivity contribution is 9.10. The summed E-state index contributed by atoms with van der Waals surface area (Å²) in [5.74, 6) is 0.887. The van der Waals surface area contributed by atoms with Gasteiger partial charge in [0.25, 0.3) is 0 Å². The quantitative estimate of drug-likeness (QED) is 0.0833. The first kappa shape index (κ1) is 47.1. The summed E-state index contributed by atoms with van der Waals surface area (Å²) in [6, 6.07) is 57.7. The van der Waals surface area contributed by atoms with Crippen LogP contribution in [0.1, 0.15) is 98.6 Å². The van der Waals surface area contributed by atoms with Gasteiger partial charge in [-0.15, -0.1) is 0 Å². The Bertz CT molecular complexity index is 2700. The molecular formula is C61H67BrN2O. The fourth-order valence-corrected chi connectivity index (χ4v) is 9.25. The largest absolute Gasteiger partial charge is 0.494 e. The molecule has 0 aliphatic rings. The van der Waals surface area contributed by atoms with Crippen molar-refractivity contribution in [1.29, 1.82) is 0 Å². The number of nitrogens with zero attached hydrogens (tertiary/aromatic N) is 2. The second-order valence-electron chi connectivity index (χ2n) is 17.8. The van der Waals surface area contributed by atoms with Crippen LogP contribution in [-0.2, 0) is 12.8 Å². The van der Waals surface area contributed by atoms with Crippen LogP contribution in [0.5, 0.6) is 5.75 Å². The van der Waals surface area contributed by atoms with Crippen molar-refractivity contribution in [3.05, 3.63) is 196 Å². The Balaban J connectivity index is 0.000000194. The topological polar surface area (TPSA) is 19.1 Å². The third-order valence-electron chi connectivity index (χ3n) is 12.5. The lowest BCUT2D eigenvalue weighted by Crippen LogP contribution is -2.01. The monoisotopic (exact) mass is 922 g/mol. The Hall–Kier alpha value is -5.84. The van der Waals surface area contributed by atoms with E-state index >= 15 is 0 Å². The van der Waals surface area contributed by atoms with E-state index in [1.807, 2.05) is 0 Å². The van der Waals surface area contributed by atoms with Crippen molar-refractivity contribution in [3.8, 4) is 62.2 Å². The molecule has 0 bridgehead atoms.